The fraction of sp³-hybridized carbons (Fsp3) is 0.417. The molecule has 1 fully saturated rings. The first-order valence-corrected chi connectivity index (χ1v) is 10.8. The maximum absolute atomic E-state index is 12.5. The molecule has 2 aromatic carbocycles. The summed E-state index contributed by atoms with van der Waals surface area (Å²) >= 11 is 0. The van der Waals surface area contributed by atoms with E-state index in [9.17, 15) is 9.59 Å². The van der Waals surface area contributed by atoms with Gasteiger partial charge in [-0.1, -0.05) is 24.3 Å². The summed E-state index contributed by atoms with van der Waals surface area (Å²) in [6.45, 7) is 2.05. The molecule has 8 nitrogen and oxygen atoms in total. The van der Waals surface area contributed by atoms with Crippen molar-refractivity contribution in [2.24, 2.45) is 0 Å². The van der Waals surface area contributed by atoms with Crippen molar-refractivity contribution in [3.63, 3.8) is 0 Å². The number of nitrogens with one attached hydrogen (secondary N) is 2. The Morgan fingerprint density at radius 3 is 2.41 bits per heavy atom. The van der Waals surface area contributed by atoms with E-state index in [4.69, 9.17) is 18.9 Å². The fourth-order valence-electron chi connectivity index (χ4n) is 4.05. The Bertz CT molecular complexity index is 940. The number of amides is 2. The molecule has 4 rings (SSSR count). The Morgan fingerprint density at radius 1 is 1.00 bits per heavy atom. The quantitative estimate of drug-likeness (QED) is 0.666. The molecule has 2 aliphatic heterocycles. The summed E-state index contributed by atoms with van der Waals surface area (Å²) in [4.78, 5) is 24.9. The molecule has 0 bridgehead atoms. The highest BCUT2D eigenvalue weighted by atomic mass is 16.6. The van der Waals surface area contributed by atoms with Crippen LogP contribution in [0.2, 0.25) is 0 Å². The smallest absolute Gasteiger partial charge is 0.309 e. The zero-order valence-electron chi connectivity index (χ0n) is 18.1. The average Bonchev–Trinajstić information content (AvgIpc) is 2.86. The lowest BCUT2D eigenvalue weighted by atomic mass is 9.74. The number of methoxy groups -OCH3 is 1. The van der Waals surface area contributed by atoms with Crippen molar-refractivity contribution in [3.8, 4) is 17.2 Å². The van der Waals surface area contributed by atoms with E-state index in [0.29, 0.717) is 37.9 Å². The third-order valence-electron chi connectivity index (χ3n) is 6.00. The van der Waals surface area contributed by atoms with Crippen LogP contribution in [0.5, 0.6) is 17.2 Å². The van der Waals surface area contributed by atoms with Crippen molar-refractivity contribution >= 4 is 11.8 Å². The fourth-order valence-corrected chi connectivity index (χ4v) is 4.05. The van der Waals surface area contributed by atoms with Crippen LogP contribution in [-0.4, -0.2) is 57.9 Å². The summed E-state index contributed by atoms with van der Waals surface area (Å²) in [7, 11) is 1.63. The molecule has 2 amide bonds. The summed E-state index contributed by atoms with van der Waals surface area (Å²) in [5.41, 5.74) is 0.804. The first-order chi connectivity index (χ1) is 15.6. The second kappa shape index (κ2) is 9.91. The van der Waals surface area contributed by atoms with Crippen LogP contribution in [0.4, 0.5) is 0 Å². The monoisotopic (exact) mass is 440 g/mol. The van der Waals surface area contributed by atoms with Crippen molar-refractivity contribution in [1.82, 2.24) is 10.6 Å². The minimum Gasteiger partial charge on any atom is -0.497 e. The third-order valence-corrected chi connectivity index (χ3v) is 6.00. The minimum atomic E-state index is -0.690. The van der Waals surface area contributed by atoms with Gasteiger partial charge in [-0.05, 0) is 42.7 Å². The van der Waals surface area contributed by atoms with E-state index in [-0.39, 0.29) is 18.1 Å². The molecule has 32 heavy (non-hydrogen) atoms. The molecule has 2 N–H and O–H groups in total. The predicted octanol–water partition coefficient (Wildman–Crippen LogP) is 1.82. The van der Waals surface area contributed by atoms with Gasteiger partial charge in [0, 0.05) is 25.2 Å². The summed E-state index contributed by atoms with van der Waals surface area (Å²) in [5.74, 6) is 0.721. The molecule has 0 spiro atoms. The first kappa shape index (κ1) is 22.0. The molecule has 0 aliphatic carbocycles. The number of ether oxygens (including phenoxy) is 4. The Hall–Kier alpha value is -3.26. The van der Waals surface area contributed by atoms with Gasteiger partial charge in [0.2, 0.25) is 0 Å². The minimum absolute atomic E-state index is 0.179. The normalized spacial score (nSPS) is 19.0. The average molecular weight is 440 g/mol. The summed E-state index contributed by atoms with van der Waals surface area (Å²) in [6, 6.07) is 15.2. The number of rotatable bonds is 6. The van der Waals surface area contributed by atoms with Crippen LogP contribution in [0.3, 0.4) is 0 Å². The number of carbonyl (C=O) groups excluding carboxylic acids is 2. The van der Waals surface area contributed by atoms with Crippen LogP contribution in [0.1, 0.15) is 18.4 Å². The molecule has 2 heterocycles. The maximum atomic E-state index is 12.5. The molecule has 170 valence electrons. The van der Waals surface area contributed by atoms with Crippen LogP contribution in [0, 0.1) is 0 Å². The zero-order chi connectivity index (χ0) is 22.4. The number of carbonyl (C=O) groups is 2. The lowest BCUT2D eigenvalue weighted by molar-refractivity contribution is -0.139. The molecule has 8 heteroatoms. The molecule has 0 saturated carbocycles. The van der Waals surface area contributed by atoms with E-state index >= 15 is 0 Å². The number of para-hydroxylation sites is 2. The molecular formula is C24H28N2O6. The van der Waals surface area contributed by atoms with Crippen molar-refractivity contribution < 1.29 is 28.5 Å². The second-order valence-corrected chi connectivity index (χ2v) is 8.01. The summed E-state index contributed by atoms with van der Waals surface area (Å²) < 4.78 is 22.2. The molecule has 1 atom stereocenters. The maximum Gasteiger partial charge on any atom is 0.309 e. The van der Waals surface area contributed by atoms with Crippen LogP contribution in [0.15, 0.2) is 48.5 Å². The second-order valence-electron chi connectivity index (χ2n) is 8.01. The lowest BCUT2D eigenvalue weighted by Gasteiger charge is -2.38. The van der Waals surface area contributed by atoms with Gasteiger partial charge in [0.05, 0.1) is 13.7 Å². The van der Waals surface area contributed by atoms with Gasteiger partial charge >= 0.3 is 11.8 Å². The van der Waals surface area contributed by atoms with Gasteiger partial charge in [-0.25, -0.2) is 0 Å². The molecule has 0 unspecified atom stereocenters. The van der Waals surface area contributed by atoms with Gasteiger partial charge in [-0.2, -0.15) is 0 Å². The van der Waals surface area contributed by atoms with Crippen molar-refractivity contribution in [2.45, 2.75) is 24.4 Å². The first-order valence-electron chi connectivity index (χ1n) is 10.8. The van der Waals surface area contributed by atoms with E-state index in [1.165, 1.54) is 0 Å². The number of benzene rings is 2. The molecule has 2 aliphatic rings. The Kier molecular flexibility index (Phi) is 6.80. The van der Waals surface area contributed by atoms with E-state index in [1.54, 1.807) is 7.11 Å². The van der Waals surface area contributed by atoms with Crippen molar-refractivity contribution in [3.05, 3.63) is 54.1 Å². The summed E-state index contributed by atoms with van der Waals surface area (Å²) in [5, 5.41) is 5.45. The van der Waals surface area contributed by atoms with Gasteiger partial charge in [0.25, 0.3) is 0 Å². The van der Waals surface area contributed by atoms with Gasteiger partial charge in [-0.15, -0.1) is 0 Å². The van der Waals surface area contributed by atoms with Gasteiger partial charge in [-0.3, -0.25) is 9.59 Å². The number of hydrogen-bond acceptors (Lipinski definition) is 6. The Morgan fingerprint density at radius 2 is 1.69 bits per heavy atom. The number of fused-ring (bicyclic) bond motifs is 1. The molecule has 1 saturated heterocycles. The van der Waals surface area contributed by atoms with Gasteiger partial charge in [0.15, 0.2) is 11.5 Å². The van der Waals surface area contributed by atoms with Crippen LogP contribution in [-0.2, 0) is 19.7 Å². The van der Waals surface area contributed by atoms with E-state index < -0.39 is 11.8 Å². The highest BCUT2D eigenvalue weighted by Gasteiger charge is 2.35. The van der Waals surface area contributed by atoms with Crippen LogP contribution >= 0.6 is 0 Å². The highest BCUT2D eigenvalue weighted by molar-refractivity contribution is 6.35. The van der Waals surface area contributed by atoms with Crippen molar-refractivity contribution in [1.29, 1.82) is 0 Å². The topological polar surface area (TPSA) is 95.1 Å². The van der Waals surface area contributed by atoms with Crippen LogP contribution < -0.4 is 24.8 Å². The third kappa shape index (κ3) is 4.96. The Balaban J connectivity index is 1.31. The molecule has 0 aromatic heterocycles. The standard InChI is InChI=1S/C24H28N2O6/c1-29-18-8-6-17(7-9-18)24(10-12-30-13-11-24)16-26-23(28)22(27)25-14-19-15-31-20-4-2-3-5-21(20)32-19/h2-9,19H,10-16H2,1H3,(H,25,27)(H,26,28)/t19-/m0/s1. The molecule has 2 aromatic rings. The van der Waals surface area contributed by atoms with Crippen molar-refractivity contribution in [2.75, 3.05) is 40.0 Å². The molecule has 0 radical (unpaired) electrons. The SMILES string of the molecule is COc1ccc(C2(CNC(=O)C(=O)NC[C@H]3COc4ccccc4O3)CCOCC2)cc1. The summed E-state index contributed by atoms with van der Waals surface area (Å²) in [6.07, 6.45) is 1.16. The molecular weight excluding hydrogens is 412 g/mol. The zero-order valence-corrected chi connectivity index (χ0v) is 18.1. The van der Waals surface area contributed by atoms with Gasteiger partial charge in [0.1, 0.15) is 18.5 Å². The van der Waals surface area contributed by atoms with E-state index in [0.717, 1.165) is 24.2 Å². The van der Waals surface area contributed by atoms with Gasteiger partial charge < -0.3 is 29.6 Å². The van der Waals surface area contributed by atoms with E-state index in [1.807, 2.05) is 48.5 Å². The Labute approximate surface area is 187 Å². The predicted molar refractivity (Wildman–Crippen MR) is 117 cm³/mol. The largest absolute Gasteiger partial charge is 0.497 e. The highest BCUT2D eigenvalue weighted by Crippen LogP contribution is 2.35. The lowest BCUT2D eigenvalue weighted by Crippen LogP contribution is -2.50. The van der Waals surface area contributed by atoms with E-state index in [2.05, 4.69) is 10.6 Å². The number of hydrogen-bond donors (Lipinski definition) is 2. The van der Waals surface area contributed by atoms with Crippen LogP contribution in [0.25, 0.3) is 0 Å².